The molecule has 1 saturated carbocycles. The fourth-order valence-corrected chi connectivity index (χ4v) is 3.29. The van der Waals surface area contributed by atoms with Gasteiger partial charge < -0.3 is 10.1 Å². The molecule has 0 bridgehead atoms. The second kappa shape index (κ2) is 5.05. The summed E-state index contributed by atoms with van der Waals surface area (Å²) in [6.45, 7) is 7.87. The minimum atomic E-state index is 0.179. The zero-order chi connectivity index (χ0) is 11.6. The third-order valence-electron chi connectivity index (χ3n) is 4.70. The lowest BCUT2D eigenvalue weighted by molar-refractivity contribution is -0.153. The summed E-state index contributed by atoms with van der Waals surface area (Å²) in [5, 5.41) is 3.65. The highest BCUT2D eigenvalue weighted by atomic mass is 16.5. The van der Waals surface area contributed by atoms with Crippen molar-refractivity contribution in [2.24, 2.45) is 5.92 Å². The Labute approximate surface area is 100 Å². The molecule has 16 heavy (non-hydrogen) atoms. The average Bonchev–Trinajstić information content (AvgIpc) is 2.34. The molecule has 1 saturated heterocycles. The van der Waals surface area contributed by atoms with E-state index in [0.717, 1.165) is 18.9 Å². The monoisotopic (exact) mass is 225 g/mol. The molecule has 1 heterocycles. The number of morpholine rings is 1. The van der Waals surface area contributed by atoms with Gasteiger partial charge in [-0.2, -0.15) is 0 Å². The van der Waals surface area contributed by atoms with Gasteiger partial charge in [0, 0.05) is 12.6 Å². The van der Waals surface area contributed by atoms with Crippen molar-refractivity contribution in [3.63, 3.8) is 0 Å². The number of rotatable bonds is 2. The van der Waals surface area contributed by atoms with Gasteiger partial charge in [0.1, 0.15) is 0 Å². The van der Waals surface area contributed by atoms with Crippen LogP contribution < -0.4 is 5.32 Å². The van der Waals surface area contributed by atoms with Crippen LogP contribution in [0.25, 0.3) is 0 Å². The summed E-state index contributed by atoms with van der Waals surface area (Å²) in [5.41, 5.74) is 0.179. The van der Waals surface area contributed by atoms with E-state index in [2.05, 4.69) is 26.1 Å². The lowest BCUT2D eigenvalue weighted by Crippen LogP contribution is -2.59. The van der Waals surface area contributed by atoms with Gasteiger partial charge in [-0.05, 0) is 44.9 Å². The lowest BCUT2D eigenvalue weighted by atomic mass is 9.76. The zero-order valence-electron chi connectivity index (χ0n) is 11.1. The summed E-state index contributed by atoms with van der Waals surface area (Å²) < 4.78 is 6.41. The van der Waals surface area contributed by atoms with Gasteiger partial charge in [-0.15, -0.1) is 0 Å². The summed E-state index contributed by atoms with van der Waals surface area (Å²) in [4.78, 5) is 0. The minimum absolute atomic E-state index is 0.179. The smallest absolute Gasteiger partial charge is 0.0811 e. The van der Waals surface area contributed by atoms with E-state index in [1.54, 1.807) is 0 Å². The van der Waals surface area contributed by atoms with Crippen molar-refractivity contribution >= 4 is 0 Å². The molecule has 1 aliphatic heterocycles. The van der Waals surface area contributed by atoms with Crippen LogP contribution in [0.2, 0.25) is 0 Å². The minimum Gasteiger partial charge on any atom is -0.369 e. The van der Waals surface area contributed by atoms with Crippen LogP contribution in [0.3, 0.4) is 0 Å². The van der Waals surface area contributed by atoms with E-state index in [1.165, 1.54) is 32.1 Å². The van der Waals surface area contributed by atoms with E-state index in [0.29, 0.717) is 12.1 Å². The highest BCUT2D eigenvalue weighted by Crippen LogP contribution is 2.39. The maximum atomic E-state index is 6.41. The van der Waals surface area contributed by atoms with Crippen LogP contribution in [-0.4, -0.2) is 24.3 Å². The van der Waals surface area contributed by atoms with Gasteiger partial charge in [-0.25, -0.2) is 0 Å². The Balaban J connectivity index is 1.94. The summed E-state index contributed by atoms with van der Waals surface area (Å²) in [6, 6.07) is 0.527. The highest BCUT2D eigenvalue weighted by molar-refractivity contribution is 4.95. The molecule has 2 unspecified atom stereocenters. The molecule has 2 heteroatoms. The highest BCUT2D eigenvalue weighted by Gasteiger charge is 2.41. The molecule has 2 atom stereocenters. The van der Waals surface area contributed by atoms with Crippen molar-refractivity contribution in [1.29, 1.82) is 0 Å². The Kier molecular flexibility index (Phi) is 3.91. The molecule has 1 aliphatic carbocycles. The largest absolute Gasteiger partial charge is 0.369 e. The van der Waals surface area contributed by atoms with Gasteiger partial charge in [-0.3, -0.25) is 0 Å². The number of hydrogen-bond donors (Lipinski definition) is 1. The number of nitrogens with one attached hydrogen (secondary N) is 1. The third-order valence-corrected chi connectivity index (χ3v) is 4.70. The molecule has 1 spiro atoms. The van der Waals surface area contributed by atoms with Gasteiger partial charge in [0.05, 0.1) is 11.7 Å². The van der Waals surface area contributed by atoms with Crippen molar-refractivity contribution in [3.05, 3.63) is 0 Å². The van der Waals surface area contributed by atoms with Crippen LogP contribution in [0.15, 0.2) is 0 Å². The molecule has 2 fully saturated rings. The molecule has 2 rings (SSSR count). The molecule has 0 aromatic rings. The van der Waals surface area contributed by atoms with Crippen LogP contribution in [0.4, 0.5) is 0 Å². The average molecular weight is 225 g/mol. The summed E-state index contributed by atoms with van der Waals surface area (Å²) in [6.07, 6.45) is 8.16. The number of ether oxygens (including phenoxy) is 1. The van der Waals surface area contributed by atoms with Gasteiger partial charge >= 0.3 is 0 Å². The molecule has 94 valence electrons. The van der Waals surface area contributed by atoms with Gasteiger partial charge in [0.15, 0.2) is 0 Å². The van der Waals surface area contributed by atoms with Crippen molar-refractivity contribution < 1.29 is 4.74 Å². The van der Waals surface area contributed by atoms with E-state index in [9.17, 15) is 0 Å². The molecule has 0 amide bonds. The van der Waals surface area contributed by atoms with E-state index < -0.39 is 0 Å². The molecule has 1 N–H and O–H groups in total. The second-order valence-electron chi connectivity index (χ2n) is 5.77. The van der Waals surface area contributed by atoms with Crippen LogP contribution in [0.5, 0.6) is 0 Å². The first-order chi connectivity index (χ1) is 7.69. The second-order valence-corrected chi connectivity index (χ2v) is 5.77. The summed E-state index contributed by atoms with van der Waals surface area (Å²) >= 11 is 0. The van der Waals surface area contributed by atoms with Crippen LogP contribution in [-0.2, 0) is 4.74 Å². The zero-order valence-corrected chi connectivity index (χ0v) is 11.1. The first kappa shape index (κ1) is 12.4. The Morgan fingerprint density at radius 1 is 1.19 bits per heavy atom. The van der Waals surface area contributed by atoms with Crippen molar-refractivity contribution in [1.82, 2.24) is 5.32 Å². The third kappa shape index (κ3) is 2.43. The Morgan fingerprint density at radius 2 is 1.88 bits per heavy atom. The van der Waals surface area contributed by atoms with E-state index in [4.69, 9.17) is 4.74 Å². The van der Waals surface area contributed by atoms with Crippen LogP contribution in [0, 0.1) is 5.92 Å². The lowest BCUT2D eigenvalue weighted by Gasteiger charge is -2.48. The Morgan fingerprint density at radius 3 is 2.44 bits per heavy atom. The van der Waals surface area contributed by atoms with Crippen molar-refractivity contribution in [2.45, 2.75) is 77.0 Å². The molecular weight excluding hydrogens is 198 g/mol. The maximum absolute atomic E-state index is 6.41. The van der Waals surface area contributed by atoms with Crippen LogP contribution >= 0.6 is 0 Å². The SMILES string of the molecule is CCC1CCC2(CC1)CNC(C)C(CC)O2. The molecule has 0 aromatic carbocycles. The summed E-state index contributed by atoms with van der Waals surface area (Å²) in [5.74, 6) is 0.952. The van der Waals surface area contributed by atoms with Gasteiger partial charge in [0.25, 0.3) is 0 Å². The van der Waals surface area contributed by atoms with Crippen LogP contribution in [0.1, 0.15) is 59.3 Å². The van der Waals surface area contributed by atoms with E-state index in [-0.39, 0.29) is 5.60 Å². The fourth-order valence-electron chi connectivity index (χ4n) is 3.29. The Bertz CT molecular complexity index is 221. The molecule has 2 aliphatic rings. The molecular formula is C14H27NO. The quantitative estimate of drug-likeness (QED) is 0.779. The predicted octanol–water partition coefficient (Wildman–Crippen LogP) is 3.11. The standard InChI is InChI=1S/C14H27NO/c1-4-12-6-8-14(9-7-12)10-15-11(3)13(5-2)16-14/h11-13,15H,4-10H2,1-3H3. The van der Waals surface area contributed by atoms with Crippen molar-refractivity contribution in [3.8, 4) is 0 Å². The summed E-state index contributed by atoms with van der Waals surface area (Å²) in [7, 11) is 0. The molecule has 2 nitrogen and oxygen atoms in total. The maximum Gasteiger partial charge on any atom is 0.0811 e. The van der Waals surface area contributed by atoms with Gasteiger partial charge in [0.2, 0.25) is 0 Å². The fraction of sp³-hybridized carbons (Fsp3) is 1.00. The molecule has 0 aromatic heterocycles. The van der Waals surface area contributed by atoms with E-state index >= 15 is 0 Å². The first-order valence-corrected chi connectivity index (χ1v) is 7.10. The van der Waals surface area contributed by atoms with Crippen molar-refractivity contribution in [2.75, 3.05) is 6.54 Å². The van der Waals surface area contributed by atoms with E-state index in [1.807, 2.05) is 0 Å². The predicted molar refractivity (Wildman–Crippen MR) is 67.6 cm³/mol. The van der Waals surface area contributed by atoms with Gasteiger partial charge in [-0.1, -0.05) is 20.3 Å². The first-order valence-electron chi connectivity index (χ1n) is 7.10. The normalized spacial score (nSPS) is 44.8. The molecule has 0 radical (unpaired) electrons. The Hall–Kier alpha value is -0.0800. The topological polar surface area (TPSA) is 21.3 Å². The number of hydrogen-bond acceptors (Lipinski definition) is 2.